The lowest BCUT2D eigenvalue weighted by Gasteiger charge is -2.19. The van der Waals surface area contributed by atoms with Gasteiger partial charge in [-0.2, -0.15) is 8.78 Å². The van der Waals surface area contributed by atoms with Gasteiger partial charge in [-0.1, -0.05) is 5.21 Å². The van der Waals surface area contributed by atoms with Crippen molar-refractivity contribution in [2.24, 2.45) is 0 Å². The molecule has 4 rings (SSSR count). The van der Waals surface area contributed by atoms with Crippen molar-refractivity contribution in [1.29, 1.82) is 0 Å². The summed E-state index contributed by atoms with van der Waals surface area (Å²) in [5.41, 5.74) is 2.26. The van der Waals surface area contributed by atoms with Crippen LogP contribution in [0.3, 0.4) is 0 Å². The van der Waals surface area contributed by atoms with Crippen molar-refractivity contribution < 1.29 is 13.2 Å². The molecular weight excluding hydrogens is 344 g/mol. The third-order valence-electron chi connectivity index (χ3n) is 4.34. The molecule has 1 aliphatic heterocycles. The van der Waals surface area contributed by atoms with Gasteiger partial charge in [0.1, 0.15) is 0 Å². The van der Waals surface area contributed by atoms with Gasteiger partial charge < -0.3 is 9.73 Å². The molecule has 3 aromatic heterocycles. The van der Waals surface area contributed by atoms with Gasteiger partial charge in [-0.3, -0.25) is 4.98 Å². The van der Waals surface area contributed by atoms with Gasteiger partial charge in [-0.05, 0) is 38.1 Å². The molecule has 0 amide bonds. The minimum atomic E-state index is -2.79. The zero-order chi connectivity index (χ0) is 17.9. The molecule has 0 saturated carbocycles. The SMILES string of the molecule is FC(F)c1nnc(-c2ccc(Cn3cc(C4CCNCC4)nn3)nc2)o1. The fourth-order valence-electron chi connectivity index (χ4n) is 2.95. The Labute approximate surface area is 147 Å². The number of pyridine rings is 1. The van der Waals surface area contributed by atoms with Gasteiger partial charge in [0.05, 0.1) is 23.5 Å². The zero-order valence-electron chi connectivity index (χ0n) is 13.8. The van der Waals surface area contributed by atoms with Crippen molar-refractivity contribution in [2.75, 3.05) is 13.1 Å². The summed E-state index contributed by atoms with van der Waals surface area (Å²) in [6.45, 7) is 2.48. The smallest absolute Gasteiger partial charge is 0.314 e. The molecule has 1 fully saturated rings. The lowest BCUT2D eigenvalue weighted by molar-refractivity contribution is 0.116. The Morgan fingerprint density at radius 3 is 2.73 bits per heavy atom. The van der Waals surface area contributed by atoms with E-state index in [9.17, 15) is 8.78 Å². The Morgan fingerprint density at radius 1 is 1.19 bits per heavy atom. The second kappa shape index (κ2) is 7.24. The van der Waals surface area contributed by atoms with Crippen molar-refractivity contribution in [3.05, 3.63) is 41.8 Å². The van der Waals surface area contributed by atoms with Gasteiger partial charge in [0.25, 0.3) is 5.89 Å². The van der Waals surface area contributed by atoms with Gasteiger partial charge >= 0.3 is 6.43 Å². The van der Waals surface area contributed by atoms with Crippen molar-refractivity contribution >= 4 is 0 Å². The highest BCUT2D eigenvalue weighted by atomic mass is 19.3. The van der Waals surface area contributed by atoms with Crippen LogP contribution in [0.15, 0.2) is 28.9 Å². The van der Waals surface area contributed by atoms with Crippen LogP contribution in [0.25, 0.3) is 11.5 Å². The maximum absolute atomic E-state index is 12.5. The Bertz CT molecular complexity index is 856. The van der Waals surface area contributed by atoms with Crippen molar-refractivity contribution in [3.63, 3.8) is 0 Å². The molecule has 0 spiro atoms. The molecule has 136 valence electrons. The highest BCUT2D eigenvalue weighted by Gasteiger charge is 2.19. The normalized spacial score (nSPS) is 15.7. The second-order valence-corrected chi connectivity index (χ2v) is 6.15. The minimum absolute atomic E-state index is 0.0216. The van der Waals surface area contributed by atoms with Crippen molar-refractivity contribution in [2.45, 2.75) is 31.7 Å². The summed E-state index contributed by atoms with van der Waals surface area (Å²) in [6.07, 6.45) is 2.82. The van der Waals surface area contributed by atoms with Crippen LogP contribution in [0.1, 0.15) is 42.5 Å². The topological polar surface area (TPSA) is 94.6 Å². The first-order chi connectivity index (χ1) is 12.7. The summed E-state index contributed by atoms with van der Waals surface area (Å²) in [7, 11) is 0. The number of nitrogens with one attached hydrogen (secondary N) is 1. The van der Waals surface area contributed by atoms with E-state index in [0.717, 1.165) is 37.3 Å². The Morgan fingerprint density at radius 2 is 2.04 bits per heavy atom. The van der Waals surface area contributed by atoms with E-state index in [1.165, 1.54) is 6.20 Å². The first kappa shape index (κ1) is 16.7. The average Bonchev–Trinajstić information content (AvgIpc) is 3.33. The third-order valence-corrected chi connectivity index (χ3v) is 4.34. The maximum atomic E-state index is 12.5. The quantitative estimate of drug-likeness (QED) is 0.744. The average molecular weight is 361 g/mol. The van der Waals surface area contributed by atoms with E-state index in [1.54, 1.807) is 16.8 Å². The predicted octanol–water partition coefficient (Wildman–Crippen LogP) is 2.18. The summed E-state index contributed by atoms with van der Waals surface area (Å²) >= 11 is 0. The maximum Gasteiger partial charge on any atom is 0.314 e. The Hall–Kier alpha value is -2.75. The number of hydrogen-bond donors (Lipinski definition) is 1. The van der Waals surface area contributed by atoms with Gasteiger partial charge in [0, 0.05) is 18.3 Å². The summed E-state index contributed by atoms with van der Waals surface area (Å²) in [4.78, 5) is 4.31. The number of piperidine rings is 1. The van der Waals surface area contributed by atoms with Crippen LogP contribution in [0.5, 0.6) is 0 Å². The van der Waals surface area contributed by atoms with Crippen LogP contribution < -0.4 is 5.32 Å². The molecule has 1 N–H and O–H groups in total. The molecule has 0 atom stereocenters. The number of hydrogen-bond acceptors (Lipinski definition) is 7. The van der Waals surface area contributed by atoms with E-state index in [2.05, 4.69) is 30.8 Å². The number of nitrogens with zero attached hydrogens (tertiary/aromatic N) is 6. The number of rotatable bonds is 5. The highest BCUT2D eigenvalue weighted by molar-refractivity contribution is 5.50. The molecule has 0 unspecified atom stereocenters. The molecule has 8 nitrogen and oxygen atoms in total. The molecule has 1 aliphatic rings. The highest BCUT2D eigenvalue weighted by Crippen LogP contribution is 2.24. The van der Waals surface area contributed by atoms with E-state index in [4.69, 9.17) is 4.42 Å². The Balaban J connectivity index is 1.43. The minimum Gasteiger partial charge on any atom is -0.415 e. The van der Waals surface area contributed by atoms with Gasteiger partial charge in [0.15, 0.2) is 0 Å². The van der Waals surface area contributed by atoms with Crippen LogP contribution in [-0.4, -0.2) is 43.3 Å². The van der Waals surface area contributed by atoms with E-state index in [0.29, 0.717) is 18.0 Å². The first-order valence-electron chi connectivity index (χ1n) is 8.36. The molecule has 0 bridgehead atoms. The van der Waals surface area contributed by atoms with Crippen LogP contribution in [0, 0.1) is 0 Å². The molecule has 26 heavy (non-hydrogen) atoms. The fourth-order valence-corrected chi connectivity index (χ4v) is 2.95. The first-order valence-corrected chi connectivity index (χ1v) is 8.36. The van der Waals surface area contributed by atoms with Crippen LogP contribution in [0.2, 0.25) is 0 Å². The second-order valence-electron chi connectivity index (χ2n) is 6.15. The van der Waals surface area contributed by atoms with Crippen LogP contribution in [0.4, 0.5) is 8.78 Å². The molecule has 1 saturated heterocycles. The van der Waals surface area contributed by atoms with Crippen molar-refractivity contribution in [3.8, 4) is 11.5 Å². The summed E-state index contributed by atoms with van der Waals surface area (Å²) in [5, 5.41) is 18.7. The van der Waals surface area contributed by atoms with Crippen LogP contribution in [-0.2, 0) is 6.54 Å². The monoisotopic (exact) mass is 361 g/mol. The summed E-state index contributed by atoms with van der Waals surface area (Å²) < 4.78 is 31.7. The lowest BCUT2D eigenvalue weighted by atomic mass is 9.95. The van der Waals surface area contributed by atoms with Gasteiger partial charge in [-0.15, -0.1) is 15.3 Å². The standard InChI is InChI=1S/C16H17F2N7O/c17-14(18)16-23-22-15(26-16)11-1-2-12(20-7-11)8-25-9-13(21-24-25)10-3-5-19-6-4-10/h1-2,7,9-10,14,19H,3-6,8H2. The largest absolute Gasteiger partial charge is 0.415 e. The van der Waals surface area contributed by atoms with E-state index in [-0.39, 0.29) is 5.89 Å². The number of alkyl halides is 2. The molecule has 4 heterocycles. The predicted molar refractivity (Wildman–Crippen MR) is 86.5 cm³/mol. The molecule has 3 aromatic rings. The third kappa shape index (κ3) is 3.59. The van der Waals surface area contributed by atoms with E-state index < -0.39 is 12.3 Å². The van der Waals surface area contributed by atoms with E-state index >= 15 is 0 Å². The van der Waals surface area contributed by atoms with Crippen LogP contribution >= 0.6 is 0 Å². The van der Waals surface area contributed by atoms with E-state index in [1.807, 2.05) is 6.20 Å². The van der Waals surface area contributed by atoms with Crippen molar-refractivity contribution in [1.82, 2.24) is 35.5 Å². The molecule has 0 radical (unpaired) electrons. The summed E-state index contributed by atoms with van der Waals surface area (Å²) in [6, 6.07) is 3.48. The fraction of sp³-hybridized carbons (Fsp3) is 0.438. The number of aromatic nitrogens is 6. The summed E-state index contributed by atoms with van der Waals surface area (Å²) in [5.74, 6) is -0.229. The number of halogens is 2. The zero-order valence-corrected chi connectivity index (χ0v) is 13.8. The van der Waals surface area contributed by atoms with Gasteiger partial charge in [-0.25, -0.2) is 4.68 Å². The molecule has 10 heteroatoms. The Kier molecular flexibility index (Phi) is 4.65. The van der Waals surface area contributed by atoms with Gasteiger partial charge in [0.2, 0.25) is 5.89 Å². The molecular formula is C16H17F2N7O. The molecule has 0 aliphatic carbocycles. The lowest BCUT2D eigenvalue weighted by Crippen LogP contribution is -2.26. The molecule has 0 aromatic carbocycles.